The third kappa shape index (κ3) is 19.2. The zero-order chi connectivity index (χ0) is 17.0. The lowest BCUT2D eigenvalue weighted by atomic mass is 10.1. The van der Waals surface area contributed by atoms with E-state index < -0.39 is 0 Å². The fourth-order valence-electron chi connectivity index (χ4n) is 2.75. The Morgan fingerprint density at radius 1 is 0.696 bits per heavy atom. The van der Waals surface area contributed by atoms with Crippen molar-refractivity contribution in [2.45, 2.75) is 110 Å². The highest BCUT2D eigenvalue weighted by Gasteiger charge is 2.00. The number of carbonyl (C=O) groups excluding carboxylic acids is 1. The molecule has 0 aliphatic carbocycles. The van der Waals surface area contributed by atoms with E-state index in [1.54, 1.807) is 0 Å². The van der Waals surface area contributed by atoms with Gasteiger partial charge in [0.2, 0.25) is 0 Å². The highest BCUT2D eigenvalue weighted by Crippen LogP contribution is 2.10. The van der Waals surface area contributed by atoms with Crippen molar-refractivity contribution in [1.82, 2.24) is 0 Å². The Kier molecular flexibility index (Phi) is 18.6. The summed E-state index contributed by atoms with van der Waals surface area (Å²) in [6.07, 6.45) is 23.5. The Morgan fingerprint density at radius 3 is 1.70 bits per heavy atom. The summed E-state index contributed by atoms with van der Waals surface area (Å²) in [6.45, 7) is 4.64. The van der Waals surface area contributed by atoms with Crippen molar-refractivity contribution >= 4 is 5.97 Å². The Labute approximate surface area is 145 Å². The van der Waals surface area contributed by atoms with Gasteiger partial charge in [0, 0.05) is 6.42 Å². The van der Waals surface area contributed by atoms with Crippen LogP contribution in [0.3, 0.4) is 0 Å². The molecule has 0 amide bonds. The van der Waals surface area contributed by atoms with Gasteiger partial charge in [-0.15, -0.1) is 0 Å². The molecular weight excluding hydrogens is 284 g/mol. The lowest BCUT2D eigenvalue weighted by Crippen LogP contribution is -2.03. The number of allylic oxidation sites excluding steroid dienone is 2. The van der Waals surface area contributed by atoms with Gasteiger partial charge in [0.25, 0.3) is 0 Å². The van der Waals surface area contributed by atoms with Crippen molar-refractivity contribution < 1.29 is 9.53 Å². The molecule has 0 heterocycles. The minimum Gasteiger partial charge on any atom is -0.466 e. The number of unbranched alkanes of at least 4 members (excludes halogenated alkanes) is 12. The second-order valence-electron chi connectivity index (χ2n) is 6.49. The monoisotopic (exact) mass is 324 g/mol. The van der Waals surface area contributed by atoms with Crippen molar-refractivity contribution in [3.63, 3.8) is 0 Å². The molecule has 0 atom stereocenters. The first-order valence-electron chi connectivity index (χ1n) is 10.1. The first-order chi connectivity index (χ1) is 11.3. The Morgan fingerprint density at radius 2 is 1.17 bits per heavy atom. The van der Waals surface area contributed by atoms with Crippen LogP contribution < -0.4 is 0 Å². The summed E-state index contributed by atoms with van der Waals surface area (Å²) in [4.78, 5) is 11.2. The lowest BCUT2D eigenvalue weighted by Gasteiger charge is -2.02. The maximum absolute atomic E-state index is 11.2. The lowest BCUT2D eigenvalue weighted by molar-refractivity contribution is -0.143. The van der Waals surface area contributed by atoms with Crippen LogP contribution in [0, 0.1) is 0 Å². The maximum atomic E-state index is 11.2. The molecule has 0 aliphatic rings. The van der Waals surface area contributed by atoms with Crippen LogP contribution >= 0.6 is 0 Å². The van der Waals surface area contributed by atoms with E-state index in [1.807, 2.05) is 6.92 Å². The van der Waals surface area contributed by atoms with Crippen molar-refractivity contribution in [3.8, 4) is 0 Å². The first kappa shape index (κ1) is 22.2. The zero-order valence-corrected chi connectivity index (χ0v) is 15.8. The van der Waals surface area contributed by atoms with Crippen LogP contribution in [0.15, 0.2) is 12.2 Å². The minimum atomic E-state index is -0.0389. The summed E-state index contributed by atoms with van der Waals surface area (Å²) in [5, 5.41) is 0. The Hall–Kier alpha value is -0.790. The molecule has 0 bridgehead atoms. The maximum Gasteiger partial charge on any atom is 0.305 e. The molecule has 2 heteroatoms. The zero-order valence-electron chi connectivity index (χ0n) is 15.8. The summed E-state index contributed by atoms with van der Waals surface area (Å²) in [5.74, 6) is -0.0389. The minimum absolute atomic E-state index is 0.0389. The molecule has 23 heavy (non-hydrogen) atoms. The number of ether oxygens (including phenoxy) is 1. The van der Waals surface area contributed by atoms with Gasteiger partial charge in [0.15, 0.2) is 0 Å². The fraction of sp³-hybridized carbons (Fsp3) is 0.857. The van der Waals surface area contributed by atoms with Gasteiger partial charge in [-0.1, -0.05) is 76.9 Å². The molecule has 0 aromatic rings. The number of carbonyl (C=O) groups is 1. The molecule has 2 nitrogen and oxygen atoms in total. The van der Waals surface area contributed by atoms with Gasteiger partial charge in [-0.3, -0.25) is 4.79 Å². The molecule has 0 spiro atoms. The number of hydrogen-bond acceptors (Lipinski definition) is 2. The Bertz CT molecular complexity index is 271. The van der Waals surface area contributed by atoms with E-state index in [0.717, 1.165) is 12.8 Å². The summed E-state index contributed by atoms with van der Waals surface area (Å²) in [6, 6.07) is 0. The second kappa shape index (κ2) is 19.3. The average Bonchev–Trinajstić information content (AvgIpc) is 2.54. The van der Waals surface area contributed by atoms with Gasteiger partial charge in [-0.2, -0.15) is 0 Å². The smallest absolute Gasteiger partial charge is 0.305 e. The summed E-state index contributed by atoms with van der Waals surface area (Å²) in [7, 11) is 0. The predicted octanol–water partition coefficient (Wildman–Crippen LogP) is 6.98. The Balaban J connectivity index is 3.12. The van der Waals surface area contributed by atoms with E-state index in [0.29, 0.717) is 13.0 Å². The molecule has 136 valence electrons. The van der Waals surface area contributed by atoms with Gasteiger partial charge < -0.3 is 4.74 Å². The third-order valence-corrected chi connectivity index (χ3v) is 4.20. The van der Waals surface area contributed by atoms with Gasteiger partial charge >= 0.3 is 5.97 Å². The highest BCUT2D eigenvalue weighted by molar-refractivity contribution is 5.69. The largest absolute Gasteiger partial charge is 0.466 e. The van der Waals surface area contributed by atoms with Crippen molar-refractivity contribution in [2.75, 3.05) is 6.61 Å². The van der Waals surface area contributed by atoms with Gasteiger partial charge in [-0.25, -0.2) is 0 Å². The summed E-state index contributed by atoms with van der Waals surface area (Å²) in [5.41, 5.74) is 0. The van der Waals surface area contributed by atoms with Crippen LogP contribution in [0.5, 0.6) is 0 Å². The van der Waals surface area contributed by atoms with Crippen LogP contribution in [0.25, 0.3) is 0 Å². The van der Waals surface area contributed by atoms with Gasteiger partial charge in [0.05, 0.1) is 6.61 Å². The highest BCUT2D eigenvalue weighted by atomic mass is 16.5. The van der Waals surface area contributed by atoms with Crippen LogP contribution in [0.1, 0.15) is 110 Å². The molecule has 0 aromatic heterocycles. The van der Waals surface area contributed by atoms with Crippen LogP contribution in [0.4, 0.5) is 0 Å². The van der Waals surface area contributed by atoms with E-state index in [1.165, 1.54) is 77.0 Å². The number of esters is 1. The quantitative estimate of drug-likeness (QED) is 0.164. The second-order valence-corrected chi connectivity index (χ2v) is 6.49. The van der Waals surface area contributed by atoms with E-state index in [-0.39, 0.29) is 5.97 Å². The fourth-order valence-corrected chi connectivity index (χ4v) is 2.75. The topological polar surface area (TPSA) is 26.3 Å². The molecule has 0 saturated carbocycles. The third-order valence-electron chi connectivity index (χ3n) is 4.20. The molecule has 0 radical (unpaired) electrons. The van der Waals surface area contributed by atoms with Gasteiger partial charge in [0.1, 0.15) is 0 Å². The molecule has 0 aromatic carbocycles. The molecule has 0 fully saturated rings. The molecule has 0 saturated heterocycles. The summed E-state index contributed by atoms with van der Waals surface area (Å²) >= 11 is 0. The van der Waals surface area contributed by atoms with E-state index >= 15 is 0 Å². The predicted molar refractivity (Wildman–Crippen MR) is 101 cm³/mol. The molecule has 0 rings (SSSR count). The number of rotatable bonds is 17. The normalized spacial score (nSPS) is 11.2. The van der Waals surface area contributed by atoms with E-state index in [2.05, 4.69) is 19.1 Å². The SMILES string of the molecule is CCCCCCCC/C=C\CCCCCCCCC(=O)OCC. The number of hydrogen-bond donors (Lipinski definition) is 0. The van der Waals surface area contributed by atoms with Crippen molar-refractivity contribution in [1.29, 1.82) is 0 Å². The standard InChI is InChI=1S/C21H40O2/c1-3-5-6-7-8-9-10-11-12-13-14-15-16-17-18-19-20-21(22)23-4-2/h11-12H,3-10,13-20H2,1-2H3/b12-11-. The van der Waals surface area contributed by atoms with Crippen LogP contribution in [-0.2, 0) is 9.53 Å². The van der Waals surface area contributed by atoms with Crippen LogP contribution in [0.2, 0.25) is 0 Å². The summed E-state index contributed by atoms with van der Waals surface area (Å²) < 4.78 is 4.92. The van der Waals surface area contributed by atoms with Crippen molar-refractivity contribution in [3.05, 3.63) is 12.2 Å². The van der Waals surface area contributed by atoms with Crippen molar-refractivity contribution in [2.24, 2.45) is 0 Å². The molecule has 0 aliphatic heterocycles. The van der Waals surface area contributed by atoms with Crippen LogP contribution in [-0.4, -0.2) is 12.6 Å². The van der Waals surface area contributed by atoms with E-state index in [9.17, 15) is 4.79 Å². The average molecular weight is 325 g/mol. The molecule has 0 unspecified atom stereocenters. The molecular formula is C21H40O2. The first-order valence-corrected chi connectivity index (χ1v) is 10.1. The molecule has 0 N–H and O–H groups in total. The van der Waals surface area contributed by atoms with E-state index in [4.69, 9.17) is 4.74 Å². The van der Waals surface area contributed by atoms with Gasteiger partial charge in [-0.05, 0) is 39.0 Å².